The van der Waals surface area contributed by atoms with Crippen LogP contribution in [0.5, 0.6) is 0 Å². The van der Waals surface area contributed by atoms with E-state index in [1.807, 2.05) is 13.8 Å². The molecule has 1 aliphatic rings. The number of nitrogens with zero attached hydrogens (tertiary/aromatic N) is 1. The Balaban J connectivity index is 2.33. The van der Waals surface area contributed by atoms with E-state index in [0.29, 0.717) is 6.61 Å². The predicted molar refractivity (Wildman–Crippen MR) is 67.2 cm³/mol. The summed E-state index contributed by atoms with van der Waals surface area (Å²) in [5.41, 5.74) is 0. The maximum Gasteiger partial charge on any atom is 0.309 e. The van der Waals surface area contributed by atoms with Crippen LogP contribution in [0.1, 0.15) is 26.7 Å². The molecule has 16 heavy (non-hydrogen) atoms. The van der Waals surface area contributed by atoms with Gasteiger partial charge >= 0.3 is 5.97 Å². The lowest BCUT2D eigenvalue weighted by Gasteiger charge is -2.32. The molecule has 0 aliphatic carbocycles. The van der Waals surface area contributed by atoms with Crippen LogP contribution >= 0.6 is 12.2 Å². The SMILES string of the molecule is CCNC(=S)N1CCC(C(=O)OCC)CC1. The molecule has 1 fully saturated rings. The normalized spacial score (nSPS) is 17.0. The van der Waals surface area contributed by atoms with Crippen molar-refractivity contribution in [3.05, 3.63) is 0 Å². The van der Waals surface area contributed by atoms with Crippen LogP contribution < -0.4 is 5.32 Å². The average molecular weight is 244 g/mol. The van der Waals surface area contributed by atoms with E-state index in [0.717, 1.165) is 37.6 Å². The number of rotatable bonds is 3. The van der Waals surface area contributed by atoms with Crippen molar-refractivity contribution in [3.8, 4) is 0 Å². The third kappa shape index (κ3) is 3.63. The number of likely N-dealkylation sites (tertiary alicyclic amines) is 1. The first-order valence-corrected chi connectivity index (χ1v) is 6.29. The predicted octanol–water partition coefficient (Wildman–Crippen LogP) is 1.16. The van der Waals surface area contributed by atoms with Gasteiger partial charge in [-0.25, -0.2) is 0 Å². The minimum atomic E-state index is -0.0588. The fraction of sp³-hybridized carbons (Fsp3) is 0.818. The van der Waals surface area contributed by atoms with Gasteiger partial charge in [0.25, 0.3) is 0 Å². The molecule has 1 saturated heterocycles. The number of carbonyl (C=O) groups is 1. The molecule has 92 valence electrons. The maximum absolute atomic E-state index is 11.5. The molecule has 0 aromatic heterocycles. The number of esters is 1. The third-order valence-electron chi connectivity index (χ3n) is 2.73. The van der Waals surface area contributed by atoms with E-state index in [4.69, 9.17) is 17.0 Å². The number of nitrogens with one attached hydrogen (secondary N) is 1. The molecule has 4 nitrogen and oxygen atoms in total. The van der Waals surface area contributed by atoms with Gasteiger partial charge in [-0.15, -0.1) is 0 Å². The largest absolute Gasteiger partial charge is 0.466 e. The van der Waals surface area contributed by atoms with E-state index in [-0.39, 0.29) is 11.9 Å². The first-order chi connectivity index (χ1) is 7.69. The smallest absolute Gasteiger partial charge is 0.309 e. The monoisotopic (exact) mass is 244 g/mol. The lowest BCUT2D eigenvalue weighted by Crippen LogP contribution is -2.45. The molecular formula is C11H20N2O2S. The molecule has 0 saturated carbocycles. The fourth-order valence-corrected chi connectivity index (χ4v) is 2.17. The van der Waals surface area contributed by atoms with Crippen molar-refractivity contribution in [3.63, 3.8) is 0 Å². The van der Waals surface area contributed by atoms with Crippen molar-refractivity contribution >= 4 is 23.3 Å². The maximum atomic E-state index is 11.5. The lowest BCUT2D eigenvalue weighted by molar-refractivity contribution is -0.149. The topological polar surface area (TPSA) is 41.6 Å². The van der Waals surface area contributed by atoms with Gasteiger partial charge in [-0.05, 0) is 38.9 Å². The van der Waals surface area contributed by atoms with Crippen LogP contribution in [0.2, 0.25) is 0 Å². The summed E-state index contributed by atoms with van der Waals surface area (Å²) in [6.45, 7) is 6.86. The second kappa shape index (κ2) is 6.68. The van der Waals surface area contributed by atoms with Gasteiger partial charge in [0.2, 0.25) is 0 Å². The van der Waals surface area contributed by atoms with Gasteiger partial charge in [0.15, 0.2) is 5.11 Å². The highest BCUT2D eigenvalue weighted by Crippen LogP contribution is 2.18. The first-order valence-electron chi connectivity index (χ1n) is 5.88. The number of piperidine rings is 1. The van der Waals surface area contributed by atoms with E-state index in [1.165, 1.54) is 0 Å². The summed E-state index contributed by atoms with van der Waals surface area (Å²) in [5.74, 6) is -0.00264. The van der Waals surface area contributed by atoms with Crippen molar-refractivity contribution in [2.24, 2.45) is 5.92 Å². The van der Waals surface area contributed by atoms with E-state index in [9.17, 15) is 4.79 Å². The second-order valence-electron chi connectivity index (χ2n) is 3.85. The summed E-state index contributed by atoms with van der Waals surface area (Å²) < 4.78 is 5.02. The number of hydrogen-bond donors (Lipinski definition) is 1. The van der Waals surface area contributed by atoms with Crippen LogP contribution in [-0.4, -0.2) is 42.2 Å². The summed E-state index contributed by atoms with van der Waals surface area (Å²) >= 11 is 5.23. The van der Waals surface area contributed by atoms with E-state index >= 15 is 0 Å². The molecule has 1 heterocycles. The zero-order valence-electron chi connectivity index (χ0n) is 9.99. The van der Waals surface area contributed by atoms with Crippen LogP contribution in [-0.2, 0) is 9.53 Å². The second-order valence-corrected chi connectivity index (χ2v) is 4.24. The van der Waals surface area contributed by atoms with Crippen molar-refractivity contribution in [1.82, 2.24) is 10.2 Å². The summed E-state index contributed by atoms with van der Waals surface area (Å²) in [6, 6.07) is 0. The molecule has 1 rings (SSSR count). The molecule has 0 unspecified atom stereocenters. The Morgan fingerprint density at radius 1 is 1.44 bits per heavy atom. The molecule has 1 N–H and O–H groups in total. The molecular weight excluding hydrogens is 224 g/mol. The van der Waals surface area contributed by atoms with Gasteiger partial charge in [-0.3, -0.25) is 4.79 Å². The van der Waals surface area contributed by atoms with Gasteiger partial charge in [-0.2, -0.15) is 0 Å². The molecule has 0 amide bonds. The summed E-state index contributed by atoms with van der Waals surface area (Å²) in [6.07, 6.45) is 1.68. The van der Waals surface area contributed by atoms with Crippen molar-refractivity contribution < 1.29 is 9.53 Å². The van der Waals surface area contributed by atoms with Crippen molar-refractivity contribution in [2.45, 2.75) is 26.7 Å². The lowest BCUT2D eigenvalue weighted by atomic mass is 9.97. The Morgan fingerprint density at radius 2 is 2.06 bits per heavy atom. The molecule has 1 aliphatic heterocycles. The number of thiocarbonyl (C=S) groups is 1. The molecule has 0 atom stereocenters. The Labute approximate surface area is 102 Å². The Bertz CT molecular complexity index is 224. The molecule has 0 aromatic rings. The van der Waals surface area contributed by atoms with Gasteiger partial charge < -0.3 is 15.0 Å². The summed E-state index contributed by atoms with van der Waals surface area (Å²) in [4.78, 5) is 13.6. The quantitative estimate of drug-likeness (QED) is 0.596. The van der Waals surface area contributed by atoms with Crippen LogP contribution in [0.4, 0.5) is 0 Å². The number of hydrogen-bond acceptors (Lipinski definition) is 3. The zero-order valence-corrected chi connectivity index (χ0v) is 10.8. The first kappa shape index (κ1) is 13.2. The highest BCUT2D eigenvalue weighted by Gasteiger charge is 2.26. The minimum Gasteiger partial charge on any atom is -0.466 e. The van der Waals surface area contributed by atoms with E-state index in [1.54, 1.807) is 0 Å². The highest BCUT2D eigenvalue weighted by molar-refractivity contribution is 7.80. The van der Waals surface area contributed by atoms with Crippen LogP contribution in [0.15, 0.2) is 0 Å². The van der Waals surface area contributed by atoms with Gasteiger partial charge in [0.1, 0.15) is 0 Å². The third-order valence-corrected chi connectivity index (χ3v) is 3.13. The van der Waals surface area contributed by atoms with Crippen LogP contribution in [0.3, 0.4) is 0 Å². The standard InChI is InChI=1S/C11H20N2O2S/c1-3-12-11(16)13-7-5-9(6-8-13)10(14)15-4-2/h9H,3-8H2,1-2H3,(H,12,16). The average Bonchev–Trinajstić information content (AvgIpc) is 2.30. The summed E-state index contributed by atoms with van der Waals surface area (Å²) in [7, 11) is 0. The van der Waals surface area contributed by atoms with Crippen LogP contribution in [0.25, 0.3) is 0 Å². The summed E-state index contributed by atoms with van der Waals surface area (Å²) in [5, 5.41) is 3.92. The molecule has 0 spiro atoms. The minimum absolute atomic E-state index is 0.0561. The molecule has 0 aromatic carbocycles. The Kier molecular flexibility index (Phi) is 5.52. The van der Waals surface area contributed by atoms with E-state index < -0.39 is 0 Å². The van der Waals surface area contributed by atoms with Gasteiger partial charge in [-0.1, -0.05) is 0 Å². The Hall–Kier alpha value is -0.840. The van der Waals surface area contributed by atoms with E-state index in [2.05, 4.69) is 10.2 Å². The number of carbonyl (C=O) groups excluding carboxylic acids is 1. The fourth-order valence-electron chi connectivity index (χ4n) is 1.84. The number of ether oxygens (including phenoxy) is 1. The molecule has 0 radical (unpaired) electrons. The van der Waals surface area contributed by atoms with Crippen LogP contribution in [0, 0.1) is 5.92 Å². The highest BCUT2D eigenvalue weighted by atomic mass is 32.1. The van der Waals surface area contributed by atoms with Crippen molar-refractivity contribution in [1.29, 1.82) is 0 Å². The molecule has 5 heteroatoms. The molecule has 0 bridgehead atoms. The van der Waals surface area contributed by atoms with Gasteiger partial charge in [0, 0.05) is 19.6 Å². The van der Waals surface area contributed by atoms with Crippen molar-refractivity contribution in [2.75, 3.05) is 26.2 Å². The Morgan fingerprint density at radius 3 is 2.56 bits per heavy atom. The zero-order chi connectivity index (χ0) is 12.0. The van der Waals surface area contributed by atoms with Gasteiger partial charge in [0.05, 0.1) is 12.5 Å².